The van der Waals surface area contributed by atoms with E-state index in [4.69, 9.17) is 37.6 Å². The summed E-state index contributed by atoms with van der Waals surface area (Å²) < 4.78 is 45.7. The van der Waals surface area contributed by atoms with Gasteiger partial charge in [-0.15, -0.1) is 0 Å². The number of hydrogen-bond donors (Lipinski definition) is 15. The summed E-state index contributed by atoms with van der Waals surface area (Å²) in [6.45, 7) is -2.75. The third-order valence-electron chi connectivity index (χ3n) is 11.1. The number of aliphatic hydroxyl groups excluding tert-OH is 10. The Hall–Kier alpha value is -5.88. The number of aliphatic hydroxyl groups is 10. The van der Waals surface area contributed by atoms with Gasteiger partial charge in [-0.3, -0.25) is 4.79 Å². The lowest BCUT2D eigenvalue weighted by Crippen LogP contribution is -2.65. The van der Waals surface area contributed by atoms with Crippen molar-refractivity contribution in [1.82, 2.24) is 0 Å². The van der Waals surface area contributed by atoms with E-state index in [1.54, 1.807) is 0 Å². The molecule has 0 spiro atoms. The zero-order valence-electron chi connectivity index (χ0n) is 34.3. The average Bonchev–Trinajstić information content (AvgIpc) is 3.30. The lowest BCUT2D eigenvalue weighted by atomic mass is 9.97. The number of carbonyl (C=O) groups excluding carboxylic acids is 1. The number of phenolic OH excluding ortho intramolecular Hbond substituents is 5. The van der Waals surface area contributed by atoms with E-state index >= 15 is 0 Å². The fraction of sp³-hybridized carbons (Fsp3) is 0.429. The van der Waals surface area contributed by atoms with Gasteiger partial charge in [0, 0.05) is 23.8 Å². The van der Waals surface area contributed by atoms with Crippen LogP contribution in [0, 0.1) is 0 Å². The number of phenols is 5. The lowest BCUT2D eigenvalue weighted by Gasteiger charge is -2.46. The highest BCUT2D eigenvalue weighted by Gasteiger charge is 2.53. The zero-order chi connectivity index (χ0) is 48.6. The molecule has 25 heteroatoms. The van der Waals surface area contributed by atoms with Crippen molar-refractivity contribution in [3.05, 3.63) is 70.4 Å². The molecular weight excluding hydrogens is 904 g/mol. The van der Waals surface area contributed by atoms with Crippen LogP contribution in [0.3, 0.4) is 0 Å². The normalized spacial score (nSPS) is 32.3. The quantitative estimate of drug-likeness (QED) is 0.0350. The number of hydrogen-bond acceptors (Lipinski definition) is 25. The third kappa shape index (κ3) is 9.91. The van der Waals surface area contributed by atoms with Crippen molar-refractivity contribution in [2.75, 3.05) is 19.8 Å². The molecule has 3 fully saturated rings. The summed E-state index contributed by atoms with van der Waals surface area (Å²) in [6.07, 6.45) is -26.5. The van der Waals surface area contributed by atoms with Crippen molar-refractivity contribution in [1.29, 1.82) is 0 Å². The Morgan fingerprint density at radius 2 is 1.15 bits per heavy atom. The maximum atomic E-state index is 14.5. The second-order valence-corrected chi connectivity index (χ2v) is 15.5. The van der Waals surface area contributed by atoms with Gasteiger partial charge >= 0.3 is 5.97 Å². The van der Waals surface area contributed by atoms with Gasteiger partial charge in [-0.05, 0) is 42.0 Å². The molecule has 0 amide bonds. The van der Waals surface area contributed by atoms with E-state index in [1.807, 2.05) is 0 Å². The molecule has 3 aliphatic rings. The summed E-state index contributed by atoms with van der Waals surface area (Å²) in [5.41, 5.74) is -1.72. The van der Waals surface area contributed by atoms with Crippen LogP contribution in [0.15, 0.2) is 63.8 Å². The molecule has 3 aliphatic heterocycles. The lowest BCUT2D eigenvalue weighted by molar-refractivity contribution is -0.358. The molecular formula is C42H46O25. The molecule has 4 aromatic rings. The largest absolute Gasteiger partial charge is 0.507 e. The summed E-state index contributed by atoms with van der Waals surface area (Å²) >= 11 is 0. The van der Waals surface area contributed by atoms with Crippen molar-refractivity contribution in [2.45, 2.75) is 92.1 Å². The second kappa shape index (κ2) is 20.1. The topological polar surface area (TPSA) is 415 Å². The van der Waals surface area contributed by atoms with Crippen LogP contribution in [0.4, 0.5) is 0 Å². The molecule has 7 rings (SSSR count). The molecule has 364 valence electrons. The van der Waals surface area contributed by atoms with Crippen molar-refractivity contribution < 1.29 is 119 Å². The summed E-state index contributed by atoms with van der Waals surface area (Å²) in [6, 6.07) is 8.46. The fourth-order valence-corrected chi connectivity index (χ4v) is 7.43. The van der Waals surface area contributed by atoms with Gasteiger partial charge in [0.25, 0.3) is 0 Å². The van der Waals surface area contributed by atoms with Crippen molar-refractivity contribution in [3.8, 4) is 51.6 Å². The van der Waals surface area contributed by atoms with Crippen LogP contribution < -0.4 is 14.9 Å². The number of fused-ring (bicyclic) bond motifs is 1. The van der Waals surface area contributed by atoms with E-state index in [0.29, 0.717) is 0 Å². The number of esters is 1. The molecule has 0 aliphatic carbocycles. The summed E-state index contributed by atoms with van der Waals surface area (Å²) in [5, 5.41) is 155. The predicted molar refractivity (Wildman–Crippen MR) is 217 cm³/mol. The maximum Gasteiger partial charge on any atom is 0.331 e. The SMILES string of the molecule is O=C(/C=C\c1ccc(O)c(O)c1)O[C@H]1[C@H](O[C@H]2[C@H](Oc3c(-c4ccc(O)c(O)c4)oc4cc(O[C@@H]5O[C@H](CO)[C@@H](O)[C@H](O)[C@H]5O)cc(O)c4c3=O)O[C@H](CO)[C@@H](O)[C@@H]2O)O[C@H](CO)[C@@H](O)[C@@H]1O. The summed E-state index contributed by atoms with van der Waals surface area (Å²) in [4.78, 5) is 27.6. The molecule has 3 saturated heterocycles. The minimum absolute atomic E-state index is 0.200. The smallest absolute Gasteiger partial charge is 0.331 e. The zero-order valence-corrected chi connectivity index (χ0v) is 34.3. The highest BCUT2D eigenvalue weighted by molar-refractivity contribution is 5.89. The summed E-state index contributed by atoms with van der Waals surface area (Å²) in [5.74, 6) is -6.30. The second-order valence-electron chi connectivity index (χ2n) is 15.5. The van der Waals surface area contributed by atoms with E-state index in [-0.39, 0.29) is 16.9 Å². The number of aromatic hydroxyl groups is 5. The Morgan fingerprint density at radius 1 is 0.582 bits per heavy atom. The van der Waals surface area contributed by atoms with Crippen LogP contribution in [0.2, 0.25) is 0 Å². The summed E-state index contributed by atoms with van der Waals surface area (Å²) in [7, 11) is 0. The Morgan fingerprint density at radius 3 is 1.76 bits per heavy atom. The van der Waals surface area contributed by atoms with E-state index in [9.17, 15) is 86.2 Å². The van der Waals surface area contributed by atoms with Gasteiger partial charge in [-0.2, -0.15) is 0 Å². The maximum absolute atomic E-state index is 14.5. The van der Waals surface area contributed by atoms with Crippen LogP contribution >= 0.6 is 0 Å². The molecule has 3 aromatic carbocycles. The van der Waals surface area contributed by atoms with Gasteiger partial charge in [-0.25, -0.2) is 4.79 Å². The van der Waals surface area contributed by atoms with Gasteiger partial charge in [0.15, 0.2) is 47.3 Å². The first-order valence-electron chi connectivity index (χ1n) is 20.2. The predicted octanol–water partition coefficient (Wildman–Crippen LogP) is -3.57. The molecule has 1 aromatic heterocycles. The number of ether oxygens (including phenoxy) is 7. The van der Waals surface area contributed by atoms with E-state index < -0.39 is 175 Å². The molecule has 25 nitrogen and oxygen atoms in total. The fourth-order valence-electron chi connectivity index (χ4n) is 7.43. The van der Waals surface area contributed by atoms with Gasteiger partial charge in [0.1, 0.15) is 83.5 Å². The van der Waals surface area contributed by atoms with Gasteiger partial charge < -0.3 is 114 Å². The highest BCUT2D eigenvalue weighted by Crippen LogP contribution is 2.41. The van der Waals surface area contributed by atoms with Gasteiger partial charge in [0.05, 0.1) is 19.8 Å². The average molecular weight is 951 g/mol. The first-order chi connectivity index (χ1) is 31.8. The monoisotopic (exact) mass is 950 g/mol. The van der Waals surface area contributed by atoms with Crippen molar-refractivity contribution in [3.63, 3.8) is 0 Å². The van der Waals surface area contributed by atoms with Gasteiger partial charge in [-0.1, -0.05) is 6.07 Å². The molecule has 0 radical (unpaired) electrons. The number of rotatable bonds is 13. The molecule has 0 bridgehead atoms. The number of carbonyl (C=O) groups is 1. The Balaban J connectivity index is 1.26. The first kappa shape index (κ1) is 49.0. The van der Waals surface area contributed by atoms with Crippen LogP contribution in [0.25, 0.3) is 28.4 Å². The van der Waals surface area contributed by atoms with Crippen LogP contribution in [0.5, 0.6) is 40.2 Å². The number of benzene rings is 3. The molecule has 15 atom stereocenters. The van der Waals surface area contributed by atoms with E-state index in [0.717, 1.165) is 54.6 Å². The highest BCUT2D eigenvalue weighted by atomic mass is 16.8. The Bertz CT molecular complexity index is 2490. The third-order valence-corrected chi connectivity index (χ3v) is 11.1. The van der Waals surface area contributed by atoms with Crippen LogP contribution in [-0.2, 0) is 28.5 Å². The first-order valence-corrected chi connectivity index (χ1v) is 20.2. The molecule has 4 heterocycles. The van der Waals surface area contributed by atoms with Crippen LogP contribution in [0.1, 0.15) is 5.56 Å². The van der Waals surface area contributed by atoms with E-state index in [2.05, 4.69) is 0 Å². The Labute approximate surface area is 375 Å². The van der Waals surface area contributed by atoms with Crippen molar-refractivity contribution >= 4 is 23.0 Å². The molecule has 67 heavy (non-hydrogen) atoms. The minimum atomic E-state index is -2.17. The Kier molecular flexibility index (Phi) is 14.7. The molecule has 0 saturated carbocycles. The minimum Gasteiger partial charge on any atom is -0.507 e. The van der Waals surface area contributed by atoms with Crippen LogP contribution in [-0.4, -0.2) is 195 Å². The molecule has 0 unspecified atom stereocenters. The standard InChI is InChI=1S/C42H46O25/c43-11-23-28(52)32(56)35(59)40(62-23)60-16-9-21(50)27-22(10-16)61-36(15-3-5-18(47)20(49)8-15)37(31(27)55)66-42-39(34(58)30(54)25(13-45)64-42)67-41-38(33(57)29(53)24(12-44)63-41)65-26(51)6-2-14-1-4-17(46)19(48)7-14/h1-10,23-25,28-30,32-35,38-50,52-54,56-59H,11-13H2/b6-2-/t23-,24-,25-,28-,29-,30-,32+,33+,34+,35-,38-,39-,40-,41+,42+/m1/s1. The van der Waals surface area contributed by atoms with Gasteiger partial charge in [0.2, 0.25) is 23.8 Å². The molecule has 15 N–H and O–H groups in total. The van der Waals surface area contributed by atoms with E-state index in [1.165, 1.54) is 6.07 Å². The van der Waals surface area contributed by atoms with Crippen molar-refractivity contribution in [2.24, 2.45) is 0 Å².